The van der Waals surface area contributed by atoms with E-state index >= 15 is 0 Å². The van der Waals surface area contributed by atoms with Crippen LogP contribution in [-0.4, -0.2) is 23.9 Å². The van der Waals surface area contributed by atoms with E-state index in [0.29, 0.717) is 16.5 Å². The highest BCUT2D eigenvalue weighted by molar-refractivity contribution is 6.76. The van der Waals surface area contributed by atoms with Gasteiger partial charge in [0.15, 0.2) is 0 Å². The molecule has 8 heteroatoms. The quantitative estimate of drug-likeness (QED) is 0.859. The predicted molar refractivity (Wildman–Crippen MR) is 73.5 cm³/mol. The van der Waals surface area contributed by atoms with Gasteiger partial charge in [0.25, 0.3) is 9.70 Å². The number of amides is 1. The Labute approximate surface area is 124 Å². The molecule has 0 spiro atoms. The van der Waals surface area contributed by atoms with Crippen LogP contribution in [0.15, 0.2) is 12.1 Å². The van der Waals surface area contributed by atoms with Gasteiger partial charge in [-0.15, -0.1) is 0 Å². The number of ether oxygens (including phenoxy) is 2. The van der Waals surface area contributed by atoms with Crippen molar-refractivity contribution in [2.45, 2.75) is 3.79 Å². The molecule has 0 unspecified atom stereocenters. The number of benzene rings is 1. The first-order chi connectivity index (χ1) is 8.29. The highest BCUT2D eigenvalue weighted by atomic mass is 35.6. The second-order valence-electron chi connectivity index (χ2n) is 3.14. The van der Waals surface area contributed by atoms with Crippen LogP contribution in [-0.2, 0) is 4.79 Å². The first kappa shape index (κ1) is 15.5. The number of anilines is 1. The maximum Gasteiger partial charge on any atom is 0.276 e. The molecule has 0 saturated carbocycles. The van der Waals surface area contributed by atoms with Crippen molar-refractivity contribution in [1.82, 2.24) is 0 Å². The third kappa shape index (κ3) is 3.72. The molecular weight excluding hydrogens is 324 g/mol. The van der Waals surface area contributed by atoms with Gasteiger partial charge < -0.3 is 14.8 Å². The molecule has 18 heavy (non-hydrogen) atoms. The van der Waals surface area contributed by atoms with Crippen LogP contribution < -0.4 is 14.8 Å². The maximum absolute atomic E-state index is 11.6. The van der Waals surface area contributed by atoms with E-state index in [1.165, 1.54) is 26.4 Å². The normalized spacial score (nSPS) is 11.0. The number of hydrogen-bond acceptors (Lipinski definition) is 3. The monoisotopic (exact) mass is 331 g/mol. The molecule has 1 N–H and O–H groups in total. The molecule has 1 amide bonds. The molecular formula is C10H9Cl4NO3. The number of carbonyl (C=O) groups is 1. The molecule has 0 heterocycles. The Morgan fingerprint density at radius 2 is 1.72 bits per heavy atom. The number of halogens is 4. The number of hydrogen-bond donors (Lipinski definition) is 1. The summed E-state index contributed by atoms with van der Waals surface area (Å²) in [4.78, 5) is 11.6. The van der Waals surface area contributed by atoms with Crippen molar-refractivity contribution in [3.63, 3.8) is 0 Å². The lowest BCUT2D eigenvalue weighted by Gasteiger charge is -2.15. The van der Waals surface area contributed by atoms with Crippen LogP contribution in [0.3, 0.4) is 0 Å². The van der Waals surface area contributed by atoms with Gasteiger partial charge in [-0.05, 0) is 0 Å². The van der Waals surface area contributed by atoms with E-state index < -0.39 is 9.70 Å². The van der Waals surface area contributed by atoms with E-state index in [0.717, 1.165) is 0 Å². The van der Waals surface area contributed by atoms with Crippen molar-refractivity contribution < 1.29 is 14.3 Å². The summed E-state index contributed by atoms with van der Waals surface area (Å²) in [6.07, 6.45) is 0. The Morgan fingerprint density at radius 1 is 1.17 bits per heavy atom. The average molecular weight is 333 g/mol. The highest BCUT2D eigenvalue weighted by Gasteiger charge is 2.31. The first-order valence-corrected chi connectivity index (χ1v) is 6.10. The van der Waals surface area contributed by atoms with Gasteiger partial charge in [0, 0.05) is 12.1 Å². The molecule has 0 aliphatic rings. The minimum atomic E-state index is -2.07. The fraction of sp³-hybridized carbons (Fsp3) is 0.300. The smallest absolute Gasteiger partial charge is 0.276 e. The largest absolute Gasteiger partial charge is 0.495 e. The van der Waals surface area contributed by atoms with Crippen molar-refractivity contribution in [3.8, 4) is 11.5 Å². The minimum Gasteiger partial charge on any atom is -0.495 e. The molecule has 0 aromatic heterocycles. The Morgan fingerprint density at radius 3 is 2.17 bits per heavy atom. The average Bonchev–Trinajstić information content (AvgIpc) is 2.29. The van der Waals surface area contributed by atoms with Crippen LogP contribution in [0.2, 0.25) is 5.02 Å². The lowest BCUT2D eigenvalue weighted by Crippen LogP contribution is -2.27. The third-order valence-corrected chi connectivity index (χ3v) is 2.79. The van der Waals surface area contributed by atoms with Crippen molar-refractivity contribution in [2.24, 2.45) is 0 Å². The number of nitrogens with one attached hydrogen (secondary N) is 1. The Bertz CT molecular complexity index is 459. The number of carbonyl (C=O) groups excluding carboxylic acids is 1. The molecule has 0 bridgehead atoms. The Kier molecular flexibility index (Phi) is 5.22. The topological polar surface area (TPSA) is 47.6 Å². The second-order valence-corrected chi connectivity index (χ2v) is 5.83. The zero-order chi connectivity index (χ0) is 13.9. The van der Waals surface area contributed by atoms with Crippen LogP contribution in [0.25, 0.3) is 0 Å². The number of methoxy groups -OCH3 is 2. The summed E-state index contributed by atoms with van der Waals surface area (Å²) in [6.45, 7) is 0. The standard InChI is InChI=1S/C10H9Cl4NO3/c1-17-7-4-6(8(18-2)3-5(7)11)15-9(16)10(12,13)14/h3-4H,1-2H3,(H,15,16). The molecule has 1 rings (SSSR count). The van der Waals surface area contributed by atoms with Crippen LogP contribution in [0.4, 0.5) is 5.69 Å². The summed E-state index contributed by atoms with van der Waals surface area (Å²) in [7, 11) is 2.86. The van der Waals surface area contributed by atoms with Crippen molar-refractivity contribution >= 4 is 58.0 Å². The van der Waals surface area contributed by atoms with Gasteiger partial charge in [-0.3, -0.25) is 4.79 Å². The van der Waals surface area contributed by atoms with Gasteiger partial charge in [-0.2, -0.15) is 0 Å². The minimum absolute atomic E-state index is 0.287. The molecule has 0 radical (unpaired) electrons. The van der Waals surface area contributed by atoms with Crippen molar-refractivity contribution in [1.29, 1.82) is 0 Å². The molecule has 4 nitrogen and oxygen atoms in total. The van der Waals surface area contributed by atoms with Gasteiger partial charge in [0.2, 0.25) is 0 Å². The predicted octanol–water partition coefficient (Wildman–Crippen LogP) is 3.67. The molecule has 0 aliphatic heterocycles. The highest BCUT2D eigenvalue weighted by Crippen LogP contribution is 2.37. The fourth-order valence-electron chi connectivity index (χ4n) is 1.15. The molecule has 0 saturated heterocycles. The lowest BCUT2D eigenvalue weighted by molar-refractivity contribution is -0.115. The van der Waals surface area contributed by atoms with Gasteiger partial charge in [0.1, 0.15) is 11.5 Å². The Balaban J connectivity index is 3.11. The second kappa shape index (κ2) is 6.06. The number of alkyl halides is 3. The first-order valence-electron chi connectivity index (χ1n) is 4.59. The van der Waals surface area contributed by atoms with Crippen LogP contribution in [0, 0.1) is 0 Å². The van der Waals surface area contributed by atoms with E-state index in [4.69, 9.17) is 55.9 Å². The van der Waals surface area contributed by atoms with Crippen LogP contribution >= 0.6 is 46.4 Å². The van der Waals surface area contributed by atoms with E-state index in [1.807, 2.05) is 0 Å². The summed E-state index contributed by atoms with van der Waals surface area (Å²) < 4.78 is 8.00. The molecule has 0 atom stereocenters. The zero-order valence-corrected chi connectivity index (χ0v) is 12.4. The zero-order valence-electron chi connectivity index (χ0n) is 9.39. The third-order valence-electron chi connectivity index (χ3n) is 1.98. The number of rotatable bonds is 3. The molecule has 100 valence electrons. The molecule has 0 fully saturated rings. The van der Waals surface area contributed by atoms with E-state index in [2.05, 4.69) is 5.32 Å². The van der Waals surface area contributed by atoms with Crippen LogP contribution in [0.1, 0.15) is 0 Å². The maximum atomic E-state index is 11.6. The SMILES string of the molecule is COc1cc(NC(=O)C(Cl)(Cl)Cl)c(OC)cc1Cl. The summed E-state index contributed by atoms with van der Waals surface area (Å²) in [5, 5.41) is 2.74. The van der Waals surface area contributed by atoms with Crippen molar-refractivity contribution in [2.75, 3.05) is 19.5 Å². The van der Waals surface area contributed by atoms with E-state index in [1.54, 1.807) is 0 Å². The Hall–Kier alpha value is -0.550. The van der Waals surface area contributed by atoms with Gasteiger partial charge in [-0.25, -0.2) is 0 Å². The van der Waals surface area contributed by atoms with Gasteiger partial charge >= 0.3 is 0 Å². The fourth-order valence-corrected chi connectivity index (χ4v) is 1.52. The van der Waals surface area contributed by atoms with Gasteiger partial charge in [0.05, 0.1) is 24.9 Å². The van der Waals surface area contributed by atoms with E-state index in [9.17, 15) is 4.79 Å². The van der Waals surface area contributed by atoms with Gasteiger partial charge in [-0.1, -0.05) is 46.4 Å². The van der Waals surface area contributed by atoms with Crippen LogP contribution in [0.5, 0.6) is 11.5 Å². The molecule has 1 aromatic rings. The molecule has 0 aliphatic carbocycles. The van der Waals surface area contributed by atoms with E-state index in [-0.39, 0.29) is 5.69 Å². The summed E-state index contributed by atoms with van der Waals surface area (Å²) in [5.74, 6) is -0.129. The molecule has 1 aromatic carbocycles. The lowest BCUT2D eigenvalue weighted by atomic mass is 10.2. The summed E-state index contributed by atoms with van der Waals surface area (Å²) in [6, 6.07) is 2.95. The summed E-state index contributed by atoms with van der Waals surface area (Å²) in [5.41, 5.74) is 0.287. The summed E-state index contributed by atoms with van der Waals surface area (Å²) >= 11 is 22.3. The van der Waals surface area contributed by atoms with Crippen molar-refractivity contribution in [3.05, 3.63) is 17.2 Å².